The molecule has 0 unspecified atom stereocenters. The van der Waals surface area contributed by atoms with Gasteiger partial charge in [0.2, 0.25) is 0 Å². The Morgan fingerprint density at radius 3 is 2.60 bits per heavy atom. The smallest absolute Gasteiger partial charge is 0.337 e. The summed E-state index contributed by atoms with van der Waals surface area (Å²) < 4.78 is 22.8. The van der Waals surface area contributed by atoms with Gasteiger partial charge in [-0.15, -0.1) is 0 Å². The van der Waals surface area contributed by atoms with E-state index in [9.17, 15) is 9.18 Å². The van der Waals surface area contributed by atoms with E-state index in [0.29, 0.717) is 10.9 Å². The summed E-state index contributed by atoms with van der Waals surface area (Å²) in [5.74, 6) is -1.01. The van der Waals surface area contributed by atoms with E-state index < -0.39 is 11.8 Å². The van der Waals surface area contributed by atoms with Gasteiger partial charge in [-0.1, -0.05) is 15.9 Å². The molecule has 0 saturated carbocycles. The lowest BCUT2D eigenvalue weighted by atomic mass is 10.1. The third-order valence-corrected chi connectivity index (χ3v) is 2.49. The largest absolute Gasteiger partial charge is 0.493 e. The quantitative estimate of drug-likeness (QED) is 0.629. The lowest BCUT2D eigenvalue weighted by Crippen LogP contribution is -2.04. The van der Waals surface area contributed by atoms with Gasteiger partial charge in [-0.05, 0) is 12.1 Å². The molecule has 0 spiro atoms. The standard InChI is InChI=1S/C10H10BrFO3/c1-14-9-7(5-11)3-6(4-8(9)12)10(13)15-2/h3-4H,5H2,1-2H3. The number of carbonyl (C=O) groups is 1. The molecule has 0 radical (unpaired) electrons. The van der Waals surface area contributed by atoms with Crippen molar-refractivity contribution in [2.75, 3.05) is 14.2 Å². The van der Waals surface area contributed by atoms with Crippen LogP contribution in [0.5, 0.6) is 5.75 Å². The first kappa shape index (κ1) is 12.0. The van der Waals surface area contributed by atoms with Crippen LogP contribution in [0.25, 0.3) is 0 Å². The highest BCUT2D eigenvalue weighted by molar-refractivity contribution is 9.08. The van der Waals surface area contributed by atoms with Crippen molar-refractivity contribution in [3.05, 3.63) is 29.1 Å². The van der Waals surface area contributed by atoms with Crippen molar-refractivity contribution in [3.8, 4) is 5.75 Å². The third-order valence-electron chi connectivity index (χ3n) is 1.89. The van der Waals surface area contributed by atoms with Gasteiger partial charge in [0.25, 0.3) is 0 Å². The zero-order chi connectivity index (χ0) is 11.4. The Hall–Kier alpha value is -1.10. The number of ether oxygens (including phenoxy) is 2. The molecule has 0 bridgehead atoms. The lowest BCUT2D eigenvalue weighted by molar-refractivity contribution is 0.0600. The SMILES string of the molecule is COC(=O)c1cc(F)c(OC)c(CBr)c1. The molecule has 0 atom stereocenters. The molecule has 5 heteroatoms. The van der Waals surface area contributed by atoms with Crippen molar-refractivity contribution < 1.29 is 18.7 Å². The van der Waals surface area contributed by atoms with Crippen LogP contribution < -0.4 is 4.74 Å². The van der Waals surface area contributed by atoms with Crippen LogP contribution >= 0.6 is 15.9 Å². The molecule has 0 amide bonds. The van der Waals surface area contributed by atoms with E-state index in [-0.39, 0.29) is 11.3 Å². The van der Waals surface area contributed by atoms with Crippen LogP contribution in [0.4, 0.5) is 4.39 Å². The fraction of sp³-hybridized carbons (Fsp3) is 0.300. The van der Waals surface area contributed by atoms with Gasteiger partial charge in [0.05, 0.1) is 19.8 Å². The first-order valence-corrected chi connectivity index (χ1v) is 5.26. The highest BCUT2D eigenvalue weighted by atomic mass is 79.9. The fourth-order valence-electron chi connectivity index (χ4n) is 1.21. The maximum atomic E-state index is 13.4. The molecule has 0 aliphatic heterocycles. The number of hydrogen-bond donors (Lipinski definition) is 0. The Morgan fingerprint density at radius 1 is 1.47 bits per heavy atom. The molecule has 0 fully saturated rings. The van der Waals surface area contributed by atoms with Crippen LogP contribution in [-0.2, 0) is 10.1 Å². The first-order chi connectivity index (χ1) is 7.13. The summed E-state index contributed by atoms with van der Waals surface area (Å²) in [6, 6.07) is 2.62. The molecule has 15 heavy (non-hydrogen) atoms. The Balaban J connectivity index is 3.25. The van der Waals surface area contributed by atoms with Gasteiger partial charge in [0, 0.05) is 10.9 Å². The number of alkyl halides is 1. The normalized spacial score (nSPS) is 9.87. The molecule has 3 nitrogen and oxygen atoms in total. The second-order valence-corrected chi connectivity index (χ2v) is 3.34. The zero-order valence-electron chi connectivity index (χ0n) is 8.34. The van der Waals surface area contributed by atoms with Gasteiger partial charge in [-0.3, -0.25) is 0 Å². The number of benzene rings is 1. The molecule has 0 heterocycles. The topological polar surface area (TPSA) is 35.5 Å². The summed E-state index contributed by atoms with van der Waals surface area (Å²) in [7, 11) is 2.63. The lowest BCUT2D eigenvalue weighted by Gasteiger charge is -2.09. The molecule has 1 aromatic carbocycles. The van der Waals surface area contributed by atoms with Crippen LogP contribution in [0.3, 0.4) is 0 Å². The van der Waals surface area contributed by atoms with Crippen molar-refractivity contribution in [3.63, 3.8) is 0 Å². The summed E-state index contributed by atoms with van der Waals surface area (Å²) in [5, 5.41) is 0.401. The van der Waals surface area contributed by atoms with E-state index in [1.165, 1.54) is 20.3 Å². The van der Waals surface area contributed by atoms with E-state index >= 15 is 0 Å². The highest BCUT2D eigenvalue weighted by Crippen LogP contribution is 2.26. The van der Waals surface area contributed by atoms with Gasteiger partial charge in [-0.2, -0.15) is 0 Å². The van der Waals surface area contributed by atoms with Crippen molar-refractivity contribution in [1.82, 2.24) is 0 Å². The molecule has 1 aromatic rings. The summed E-state index contributed by atoms with van der Waals surface area (Å²) in [4.78, 5) is 11.2. The van der Waals surface area contributed by atoms with Crippen LogP contribution in [-0.4, -0.2) is 20.2 Å². The van der Waals surface area contributed by atoms with E-state index in [1.54, 1.807) is 0 Å². The molecule has 0 aliphatic carbocycles. The molecular formula is C10H10BrFO3. The van der Waals surface area contributed by atoms with Gasteiger partial charge in [0.15, 0.2) is 11.6 Å². The second kappa shape index (κ2) is 5.11. The predicted molar refractivity (Wildman–Crippen MR) is 56.9 cm³/mol. The zero-order valence-corrected chi connectivity index (χ0v) is 9.93. The molecule has 0 N–H and O–H groups in total. The van der Waals surface area contributed by atoms with Gasteiger partial charge < -0.3 is 9.47 Å². The number of halogens is 2. The van der Waals surface area contributed by atoms with E-state index in [4.69, 9.17) is 4.74 Å². The highest BCUT2D eigenvalue weighted by Gasteiger charge is 2.14. The number of hydrogen-bond acceptors (Lipinski definition) is 3. The first-order valence-electron chi connectivity index (χ1n) is 4.14. The Bertz CT molecular complexity index is 379. The van der Waals surface area contributed by atoms with Gasteiger partial charge in [0.1, 0.15) is 0 Å². The minimum atomic E-state index is -0.574. The van der Waals surface area contributed by atoms with Crippen molar-refractivity contribution in [1.29, 1.82) is 0 Å². The average molecular weight is 277 g/mol. The van der Waals surface area contributed by atoms with E-state index in [0.717, 1.165) is 6.07 Å². The Morgan fingerprint density at radius 2 is 2.13 bits per heavy atom. The molecule has 0 saturated heterocycles. The average Bonchev–Trinajstić information content (AvgIpc) is 2.26. The number of esters is 1. The van der Waals surface area contributed by atoms with E-state index in [1.807, 2.05) is 0 Å². The number of rotatable bonds is 3. The predicted octanol–water partition coefficient (Wildman–Crippen LogP) is 2.52. The Kier molecular flexibility index (Phi) is 4.08. The number of carbonyl (C=O) groups excluding carboxylic acids is 1. The van der Waals surface area contributed by atoms with Gasteiger partial charge in [-0.25, -0.2) is 9.18 Å². The van der Waals surface area contributed by atoms with Crippen molar-refractivity contribution in [2.24, 2.45) is 0 Å². The molecular weight excluding hydrogens is 267 g/mol. The minimum absolute atomic E-state index is 0.138. The summed E-state index contributed by atoms with van der Waals surface area (Å²) in [6.07, 6.45) is 0. The van der Waals surface area contributed by atoms with Crippen molar-refractivity contribution >= 4 is 21.9 Å². The van der Waals surface area contributed by atoms with Crippen LogP contribution in [0, 0.1) is 5.82 Å². The van der Waals surface area contributed by atoms with Crippen LogP contribution in [0.1, 0.15) is 15.9 Å². The molecule has 0 aliphatic rings. The third kappa shape index (κ3) is 2.47. The second-order valence-electron chi connectivity index (χ2n) is 2.78. The fourth-order valence-corrected chi connectivity index (χ4v) is 1.63. The Labute approximate surface area is 95.3 Å². The van der Waals surface area contributed by atoms with Crippen molar-refractivity contribution in [2.45, 2.75) is 5.33 Å². The molecule has 0 aromatic heterocycles. The van der Waals surface area contributed by atoms with E-state index in [2.05, 4.69) is 20.7 Å². The monoisotopic (exact) mass is 276 g/mol. The minimum Gasteiger partial charge on any atom is -0.493 e. The summed E-state index contributed by atoms with van der Waals surface area (Å²) in [5.41, 5.74) is 0.739. The molecule has 82 valence electrons. The van der Waals surface area contributed by atoms with Crippen LogP contribution in [0.15, 0.2) is 12.1 Å². The van der Waals surface area contributed by atoms with Crippen LogP contribution in [0.2, 0.25) is 0 Å². The maximum absolute atomic E-state index is 13.4. The number of methoxy groups -OCH3 is 2. The summed E-state index contributed by atoms with van der Waals surface area (Å²) >= 11 is 3.19. The maximum Gasteiger partial charge on any atom is 0.337 e. The summed E-state index contributed by atoms with van der Waals surface area (Å²) in [6.45, 7) is 0. The van der Waals surface area contributed by atoms with Gasteiger partial charge >= 0.3 is 5.97 Å². The molecule has 1 rings (SSSR count).